The first-order valence-corrected chi connectivity index (χ1v) is 9.75. The number of nitrogens with zero attached hydrogens (tertiary/aromatic N) is 4. The zero-order valence-electron chi connectivity index (χ0n) is 17.5. The van der Waals surface area contributed by atoms with Crippen LogP contribution in [0.15, 0.2) is 47.2 Å². The lowest BCUT2D eigenvalue weighted by molar-refractivity contribution is 0.0224. The zero-order chi connectivity index (χ0) is 23.0. The average molecular weight is 419 g/mol. The van der Waals surface area contributed by atoms with Gasteiger partial charge in [0.1, 0.15) is 17.5 Å². The molecule has 31 heavy (non-hydrogen) atoms. The van der Waals surface area contributed by atoms with Gasteiger partial charge >= 0.3 is 6.09 Å². The first-order valence-electron chi connectivity index (χ1n) is 9.75. The average Bonchev–Trinajstić information content (AvgIpc) is 2.72. The van der Waals surface area contributed by atoms with E-state index in [0.29, 0.717) is 5.57 Å². The van der Waals surface area contributed by atoms with Crippen molar-refractivity contribution < 1.29 is 13.9 Å². The molecule has 0 bridgehead atoms. The number of benzene rings is 1. The smallest absolute Gasteiger partial charge is 0.410 e. The third kappa shape index (κ3) is 3.60. The summed E-state index contributed by atoms with van der Waals surface area (Å²) in [5, 5.41) is 29.8. The highest BCUT2D eigenvalue weighted by Gasteiger charge is 2.55. The molecule has 1 amide bonds. The maximum Gasteiger partial charge on any atom is 0.410 e. The fraction of sp³-hybridized carbons (Fsp3) is 0.391. The Labute approximate surface area is 180 Å². The molecule has 2 atom stereocenters. The van der Waals surface area contributed by atoms with Gasteiger partial charge in [0.05, 0.1) is 23.4 Å². The molecule has 158 valence electrons. The molecule has 0 aromatic heterocycles. The summed E-state index contributed by atoms with van der Waals surface area (Å²) in [5.74, 6) is -2.30. The summed E-state index contributed by atoms with van der Waals surface area (Å²) in [7, 11) is 0. The highest BCUT2D eigenvalue weighted by molar-refractivity contribution is 5.70. The molecular weight excluding hydrogens is 397 g/mol. The second kappa shape index (κ2) is 7.78. The summed E-state index contributed by atoms with van der Waals surface area (Å²) in [4.78, 5) is 14.1. The molecular formula is C23H22FN5O2. The number of nitriles is 3. The normalized spacial score (nSPS) is 22.4. The highest BCUT2D eigenvalue weighted by Crippen LogP contribution is 2.54. The predicted molar refractivity (Wildman–Crippen MR) is 109 cm³/mol. The van der Waals surface area contributed by atoms with E-state index in [1.54, 1.807) is 32.9 Å². The third-order valence-electron chi connectivity index (χ3n) is 5.56. The molecule has 0 saturated carbocycles. The molecule has 1 aliphatic heterocycles. The van der Waals surface area contributed by atoms with Gasteiger partial charge in [-0.05, 0) is 38.0 Å². The number of rotatable bonds is 1. The minimum absolute atomic E-state index is 0.0320. The van der Waals surface area contributed by atoms with E-state index in [1.807, 2.05) is 18.2 Å². The van der Waals surface area contributed by atoms with Crippen LogP contribution in [-0.2, 0) is 4.74 Å². The first kappa shape index (κ1) is 21.9. The second-order valence-corrected chi connectivity index (χ2v) is 8.58. The van der Waals surface area contributed by atoms with Gasteiger partial charge in [-0.2, -0.15) is 15.8 Å². The van der Waals surface area contributed by atoms with Gasteiger partial charge in [-0.3, -0.25) is 0 Å². The molecule has 0 fully saturated rings. The summed E-state index contributed by atoms with van der Waals surface area (Å²) in [5.41, 5.74) is 3.99. The standard InChI is InChI=1S/C23H22FN5O2/c1-22(2,3)31-21(30)29-9-8-14-16(10-25)20(28)23(12-26,13-27)19(17(14)11-29)15-6-4-5-7-18(15)24/h4-8,17,19H,9,11,28H2,1-3H3/t17-,19-/m0/s1. The minimum Gasteiger partial charge on any atom is -0.444 e. The van der Waals surface area contributed by atoms with E-state index in [-0.39, 0.29) is 29.9 Å². The molecule has 8 heteroatoms. The minimum atomic E-state index is -1.97. The molecule has 1 aliphatic carbocycles. The van der Waals surface area contributed by atoms with E-state index < -0.39 is 34.8 Å². The van der Waals surface area contributed by atoms with Crippen molar-refractivity contribution in [2.45, 2.75) is 32.3 Å². The monoisotopic (exact) mass is 419 g/mol. The van der Waals surface area contributed by atoms with Crippen molar-refractivity contribution in [3.63, 3.8) is 0 Å². The van der Waals surface area contributed by atoms with Gasteiger partial charge in [0.2, 0.25) is 0 Å². The summed E-state index contributed by atoms with van der Waals surface area (Å²) in [6, 6.07) is 11.8. The Kier molecular flexibility index (Phi) is 5.49. The van der Waals surface area contributed by atoms with Crippen LogP contribution in [0.5, 0.6) is 0 Å². The Balaban J connectivity index is 2.21. The second-order valence-electron chi connectivity index (χ2n) is 8.58. The molecule has 0 unspecified atom stereocenters. The lowest BCUT2D eigenvalue weighted by atomic mass is 9.58. The van der Waals surface area contributed by atoms with E-state index in [9.17, 15) is 25.0 Å². The van der Waals surface area contributed by atoms with Crippen molar-refractivity contribution in [3.05, 3.63) is 58.6 Å². The summed E-state index contributed by atoms with van der Waals surface area (Å²) in [6.45, 7) is 5.43. The SMILES string of the molecule is CC(C)(C)OC(=O)N1CC=C2C(C#N)=C(N)C(C#N)(C#N)[C@@H](c3ccccc3F)[C@H]2C1. The number of allylic oxidation sites excluding steroid dienone is 2. The maximum absolute atomic E-state index is 14.9. The van der Waals surface area contributed by atoms with E-state index in [1.165, 1.54) is 23.1 Å². The van der Waals surface area contributed by atoms with Crippen molar-refractivity contribution in [1.29, 1.82) is 15.8 Å². The Hall–Kier alpha value is -3.83. The molecule has 0 spiro atoms. The summed E-state index contributed by atoms with van der Waals surface area (Å²) in [6.07, 6.45) is 1.09. The lowest BCUT2D eigenvalue weighted by Crippen LogP contribution is -2.50. The van der Waals surface area contributed by atoms with Gasteiger partial charge in [0.15, 0.2) is 5.41 Å². The van der Waals surface area contributed by atoms with Crippen LogP contribution in [0.2, 0.25) is 0 Å². The zero-order valence-corrected chi connectivity index (χ0v) is 17.5. The van der Waals surface area contributed by atoms with Gasteiger partial charge in [-0.15, -0.1) is 0 Å². The number of nitrogens with two attached hydrogens (primary N) is 1. The Morgan fingerprint density at radius 1 is 1.26 bits per heavy atom. The number of carbonyl (C=O) groups excluding carboxylic acids is 1. The molecule has 1 aromatic rings. The molecule has 1 aromatic carbocycles. The van der Waals surface area contributed by atoms with Crippen molar-refractivity contribution in [3.8, 4) is 18.2 Å². The quantitative estimate of drug-likeness (QED) is 0.742. The highest BCUT2D eigenvalue weighted by atomic mass is 19.1. The van der Waals surface area contributed by atoms with Crippen molar-refractivity contribution in [1.82, 2.24) is 4.90 Å². The number of amides is 1. The Morgan fingerprint density at radius 2 is 1.90 bits per heavy atom. The topological polar surface area (TPSA) is 127 Å². The largest absolute Gasteiger partial charge is 0.444 e. The van der Waals surface area contributed by atoms with Crippen LogP contribution in [-0.4, -0.2) is 29.7 Å². The van der Waals surface area contributed by atoms with Crippen LogP contribution < -0.4 is 5.73 Å². The molecule has 0 saturated heterocycles. The van der Waals surface area contributed by atoms with Crippen molar-refractivity contribution in [2.75, 3.05) is 13.1 Å². The van der Waals surface area contributed by atoms with Crippen LogP contribution in [0.25, 0.3) is 0 Å². The number of halogens is 1. The summed E-state index contributed by atoms with van der Waals surface area (Å²) >= 11 is 0. The summed E-state index contributed by atoms with van der Waals surface area (Å²) < 4.78 is 20.3. The fourth-order valence-electron chi connectivity index (χ4n) is 4.23. The number of hydrogen-bond acceptors (Lipinski definition) is 6. The van der Waals surface area contributed by atoms with E-state index >= 15 is 0 Å². The van der Waals surface area contributed by atoms with E-state index in [4.69, 9.17) is 10.5 Å². The molecule has 2 N–H and O–H groups in total. The molecule has 7 nitrogen and oxygen atoms in total. The number of ether oxygens (including phenoxy) is 1. The molecule has 3 rings (SSSR count). The molecule has 1 heterocycles. The Bertz CT molecular complexity index is 1100. The maximum atomic E-state index is 14.9. The molecule has 2 aliphatic rings. The predicted octanol–water partition coefficient (Wildman–Crippen LogP) is 3.49. The van der Waals surface area contributed by atoms with Gasteiger partial charge in [0.25, 0.3) is 0 Å². The number of hydrogen-bond donors (Lipinski definition) is 1. The molecule has 0 radical (unpaired) electrons. The van der Waals surface area contributed by atoms with Crippen molar-refractivity contribution >= 4 is 6.09 Å². The van der Waals surface area contributed by atoms with Crippen LogP contribution in [0.1, 0.15) is 32.3 Å². The fourth-order valence-corrected chi connectivity index (χ4v) is 4.23. The number of carbonyl (C=O) groups is 1. The van der Waals surface area contributed by atoms with Crippen LogP contribution in [0, 0.1) is 51.1 Å². The third-order valence-corrected chi connectivity index (χ3v) is 5.56. The van der Waals surface area contributed by atoms with Gasteiger partial charge in [0, 0.05) is 24.9 Å². The number of fused-ring (bicyclic) bond motifs is 1. The van der Waals surface area contributed by atoms with E-state index in [2.05, 4.69) is 0 Å². The van der Waals surface area contributed by atoms with Gasteiger partial charge < -0.3 is 15.4 Å². The lowest BCUT2D eigenvalue weighted by Gasteiger charge is -2.45. The van der Waals surface area contributed by atoms with Crippen LogP contribution >= 0.6 is 0 Å². The van der Waals surface area contributed by atoms with Crippen LogP contribution in [0.3, 0.4) is 0 Å². The Morgan fingerprint density at radius 3 is 2.45 bits per heavy atom. The van der Waals surface area contributed by atoms with Crippen LogP contribution in [0.4, 0.5) is 9.18 Å². The van der Waals surface area contributed by atoms with Gasteiger partial charge in [-0.1, -0.05) is 24.3 Å². The van der Waals surface area contributed by atoms with Gasteiger partial charge in [-0.25, -0.2) is 9.18 Å². The van der Waals surface area contributed by atoms with E-state index in [0.717, 1.165) is 0 Å². The van der Waals surface area contributed by atoms with Crippen molar-refractivity contribution in [2.24, 2.45) is 17.1 Å². The first-order chi connectivity index (χ1) is 14.6.